The van der Waals surface area contributed by atoms with Crippen LogP contribution in [0.4, 0.5) is 0 Å². The van der Waals surface area contributed by atoms with Crippen molar-refractivity contribution in [3.8, 4) is 0 Å². The summed E-state index contributed by atoms with van der Waals surface area (Å²) >= 11 is 0. The van der Waals surface area contributed by atoms with Crippen LogP contribution in [-0.4, -0.2) is 44.0 Å². The third-order valence-electron chi connectivity index (χ3n) is 5.04. The minimum absolute atomic E-state index is 0.0466. The fraction of sp³-hybridized carbons (Fsp3) is 0.650. The van der Waals surface area contributed by atoms with E-state index in [4.69, 9.17) is 0 Å². The lowest BCUT2D eigenvalue weighted by molar-refractivity contribution is 0.0949. The molecular formula is C20H32N2O3S. The van der Waals surface area contributed by atoms with Crippen LogP contribution in [0.3, 0.4) is 0 Å². The van der Waals surface area contributed by atoms with E-state index in [9.17, 15) is 13.2 Å². The SMILES string of the molecule is CC(C)(C)c1ccc(C(=O)NCCN(C2CCCCC2)S(C)(=O)=O)cc1. The third-order valence-corrected chi connectivity index (χ3v) is 6.37. The van der Waals surface area contributed by atoms with Crippen molar-refractivity contribution >= 4 is 15.9 Å². The van der Waals surface area contributed by atoms with E-state index in [1.54, 1.807) is 4.31 Å². The highest BCUT2D eigenvalue weighted by molar-refractivity contribution is 7.88. The zero-order valence-electron chi connectivity index (χ0n) is 16.4. The molecule has 0 unspecified atom stereocenters. The summed E-state index contributed by atoms with van der Waals surface area (Å²) < 4.78 is 25.8. The molecule has 1 aromatic rings. The summed E-state index contributed by atoms with van der Waals surface area (Å²) in [5, 5.41) is 2.85. The van der Waals surface area contributed by atoms with Gasteiger partial charge >= 0.3 is 0 Å². The summed E-state index contributed by atoms with van der Waals surface area (Å²) in [5.74, 6) is -0.164. The number of sulfonamides is 1. The Morgan fingerprint density at radius 2 is 1.69 bits per heavy atom. The van der Waals surface area contributed by atoms with E-state index >= 15 is 0 Å². The monoisotopic (exact) mass is 380 g/mol. The Bertz CT molecular complexity index is 700. The summed E-state index contributed by atoms with van der Waals surface area (Å²) in [5.41, 5.74) is 1.82. The van der Waals surface area contributed by atoms with Crippen LogP contribution in [0.1, 0.15) is 68.8 Å². The molecule has 6 heteroatoms. The molecule has 0 spiro atoms. The largest absolute Gasteiger partial charge is 0.351 e. The van der Waals surface area contributed by atoms with Gasteiger partial charge in [-0.3, -0.25) is 4.79 Å². The number of nitrogens with zero attached hydrogens (tertiary/aromatic N) is 1. The lowest BCUT2D eigenvalue weighted by atomic mass is 9.87. The second-order valence-corrected chi connectivity index (χ2v) is 10.2. The minimum Gasteiger partial charge on any atom is -0.351 e. The zero-order valence-corrected chi connectivity index (χ0v) is 17.2. The van der Waals surface area contributed by atoms with E-state index in [1.807, 2.05) is 24.3 Å². The number of benzene rings is 1. The molecule has 1 aromatic carbocycles. The van der Waals surface area contributed by atoms with Gasteiger partial charge in [-0.1, -0.05) is 52.2 Å². The molecule has 26 heavy (non-hydrogen) atoms. The van der Waals surface area contributed by atoms with Gasteiger partial charge in [-0.05, 0) is 36.0 Å². The van der Waals surface area contributed by atoms with Gasteiger partial charge in [-0.2, -0.15) is 4.31 Å². The molecule has 5 nitrogen and oxygen atoms in total. The predicted octanol–water partition coefficient (Wildman–Crippen LogP) is 3.31. The molecule has 2 rings (SSSR count). The Hall–Kier alpha value is -1.40. The van der Waals surface area contributed by atoms with Gasteiger partial charge in [-0.15, -0.1) is 0 Å². The number of amides is 1. The molecule has 1 saturated carbocycles. The van der Waals surface area contributed by atoms with E-state index in [0.717, 1.165) is 25.7 Å². The van der Waals surface area contributed by atoms with Crippen molar-refractivity contribution in [2.24, 2.45) is 0 Å². The molecule has 0 heterocycles. The first kappa shape index (κ1) is 20.9. The summed E-state index contributed by atoms with van der Waals surface area (Å²) in [4.78, 5) is 12.3. The van der Waals surface area contributed by atoms with Gasteiger partial charge in [0.25, 0.3) is 5.91 Å². The van der Waals surface area contributed by atoms with Gasteiger partial charge in [0, 0.05) is 24.7 Å². The average Bonchev–Trinajstić information content (AvgIpc) is 2.57. The Balaban J connectivity index is 1.93. The van der Waals surface area contributed by atoms with Gasteiger partial charge in [0.2, 0.25) is 10.0 Å². The molecule has 1 aliphatic rings. The Morgan fingerprint density at radius 1 is 1.12 bits per heavy atom. The standard InChI is InChI=1S/C20H32N2O3S/c1-20(2,3)17-12-10-16(11-13-17)19(23)21-14-15-22(26(4,24)25)18-8-6-5-7-9-18/h10-13,18H,5-9,14-15H2,1-4H3,(H,21,23). The summed E-state index contributed by atoms with van der Waals surface area (Å²) in [6.45, 7) is 7.05. The minimum atomic E-state index is -3.27. The summed E-state index contributed by atoms with van der Waals surface area (Å²) in [7, 11) is -3.27. The second kappa shape index (κ2) is 8.53. The third kappa shape index (κ3) is 5.81. The molecule has 1 aliphatic carbocycles. The number of rotatable bonds is 6. The van der Waals surface area contributed by atoms with E-state index in [0.29, 0.717) is 18.7 Å². The fourth-order valence-corrected chi connectivity index (χ4v) is 4.67. The van der Waals surface area contributed by atoms with Crippen molar-refractivity contribution < 1.29 is 13.2 Å². The van der Waals surface area contributed by atoms with Gasteiger partial charge in [-0.25, -0.2) is 8.42 Å². The van der Waals surface area contributed by atoms with Gasteiger partial charge in [0.1, 0.15) is 0 Å². The molecule has 0 aromatic heterocycles. The van der Waals surface area contributed by atoms with Gasteiger partial charge in [0.05, 0.1) is 6.26 Å². The van der Waals surface area contributed by atoms with Crippen molar-refractivity contribution in [3.05, 3.63) is 35.4 Å². The molecule has 0 aliphatic heterocycles. The first-order valence-electron chi connectivity index (χ1n) is 9.44. The lowest BCUT2D eigenvalue weighted by Crippen LogP contribution is -2.45. The zero-order chi connectivity index (χ0) is 19.4. The topological polar surface area (TPSA) is 66.5 Å². The van der Waals surface area contributed by atoms with Gasteiger partial charge < -0.3 is 5.32 Å². The highest BCUT2D eigenvalue weighted by Gasteiger charge is 2.27. The molecule has 0 radical (unpaired) electrons. The molecule has 0 atom stereocenters. The Labute approximate surface area is 158 Å². The number of carbonyl (C=O) groups is 1. The van der Waals surface area contributed by atoms with Crippen LogP contribution in [0.2, 0.25) is 0 Å². The van der Waals surface area contributed by atoms with Crippen LogP contribution in [0.5, 0.6) is 0 Å². The predicted molar refractivity (Wildman–Crippen MR) is 106 cm³/mol. The summed E-state index contributed by atoms with van der Waals surface area (Å²) in [6, 6.07) is 7.66. The molecular weight excluding hydrogens is 348 g/mol. The maximum absolute atomic E-state index is 12.3. The average molecular weight is 381 g/mol. The van der Waals surface area contributed by atoms with Crippen molar-refractivity contribution in [2.75, 3.05) is 19.3 Å². The number of hydrogen-bond acceptors (Lipinski definition) is 3. The summed E-state index contributed by atoms with van der Waals surface area (Å²) in [6.07, 6.45) is 6.40. The molecule has 0 saturated heterocycles. The van der Waals surface area contributed by atoms with E-state index in [2.05, 4.69) is 26.1 Å². The number of hydrogen-bond donors (Lipinski definition) is 1. The molecule has 146 valence electrons. The Kier molecular flexibility index (Phi) is 6.86. The van der Waals surface area contributed by atoms with Crippen LogP contribution in [0, 0.1) is 0 Å². The molecule has 1 N–H and O–H groups in total. The smallest absolute Gasteiger partial charge is 0.251 e. The molecule has 0 bridgehead atoms. The second-order valence-electron chi connectivity index (χ2n) is 8.25. The van der Waals surface area contributed by atoms with Crippen LogP contribution in [-0.2, 0) is 15.4 Å². The van der Waals surface area contributed by atoms with E-state index in [1.165, 1.54) is 18.2 Å². The first-order valence-corrected chi connectivity index (χ1v) is 11.3. The highest BCUT2D eigenvalue weighted by Crippen LogP contribution is 2.24. The quantitative estimate of drug-likeness (QED) is 0.823. The molecule has 1 amide bonds. The highest BCUT2D eigenvalue weighted by atomic mass is 32.2. The van der Waals surface area contributed by atoms with Crippen molar-refractivity contribution in [1.29, 1.82) is 0 Å². The van der Waals surface area contributed by atoms with Crippen LogP contribution >= 0.6 is 0 Å². The van der Waals surface area contributed by atoms with E-state index < -0.39 is 10.0 Å². The maximum atomic E-state index is 12.3. The molecule has 1 fully saturated rings. The van der Waals surface area contributed by atoms with Crippen molar-refractivity contribution in [3.63, 3.8) is 0 Å². The van der Waals surface area contributed by atoms with Crippen molar-refractivity contribution in [2.45, 2.75) is 64.3 Å². The number of nitrogens with one attached hydrogen (secondary N) is 1. The maximum Gasteiger partial charge on any atom is 0.251 e. The van der Waals surface area contributed by atoms with E-state index in [-0.39, 0.29) is 17.4 Å². The lowest BCUT2D eigenvalue weighted by Gasteiger charge is -2.32. The first-order chi connectivity index (χ1) is 12.1. The normalized spacial score (nSPS) is 16.7. The van der Waals surface area contributed by atoms with Crippen LogP contribution in [0.15, 0.2) is 24.3 Å². The number of carbonyl (C=O) groups excluding carboxylic acids is 1. The van der Waals surface area contributed by atoms with Crippen molar-refractivity contribution in [1.82, 2.24) is 9.62 Å². The Morgan fingerprint density at radius 3 is 2.19 bits per heavy atom. The fourth-order valence-electron chi connectivity index (χ4n) is 3.49. The van der Waals surface area contributed by atoms with Crippen LogP contribution in [0.25, 0.3) is 0 Å². The van der Waals surface area contributed by atoms with Gasteiger partial charge in [0.15, 0.2) is 0 Å². The van der Waals surface area contributed by atoms with Crippen LogP contribution < -0.4 is 5.32 Å².